The second-order valence-electron chi connectivity index (χ2n) is 7.44. The molecule has 1 heterocycles. The summed E-state index contributed by atoms with van der Waals surface area (Å²) in [4.78, 5) is 12.5. The molecule has 0 aromatic heterocycles. The SMILES string of the molecule is Cc1cc(/C=C2\C(=O)Nc3ccccc32)c2c(C)ccc(C(C)C)cc1-2. The second-order valence-corrected chi connectivity index (χ2v) is 7.44. The van der Waals surface area contributed by atoms with Crippen molar-refractivity contribution in [3.8, 4) is 11.1 Å². The number of rotatable bonds is 2. The summed E-state index contributed by atoms with van der Waals surface area (Å²) in [6.45, 7) is 8.74. The number of hydrogen-bond acceptors (Lipinski definition) is 1. The van der Waals surface area contributed by atoms with Crippen LogP contribution in [-0.2, 0) is 4.79 Å². The number of amides is 1. The molecule has 3 aliphatic rings. The third-order valence-corrected chi connectivity index (χ3v) is 5.26. The predicted octanol–water partition coefficient (Wildman–Crippen LogP) is 6.02. The number of carbonyl (C=O) groups excluding carboxylic acids is 1. The van der Waals surface area contributed by atoms with E-state index in [2.05, 4.69) is 57.3 Å². The van der Waals surface area contributed by atoms with Crippen molar-refractivity contribution in [1.29, 1.82) is 0 Å². The van der Waals surface area contributed by atoms with Gasteiger partial charge in [0.25, 0.3) is 5.91 Å². The molecule has 1 aliphatic heterocycles. The number of para-hydroxylation sites is 1. The summed E-state index contributed by atoms with van der Waals surface area (Å²) >= 11 is 0. The Bertz CT molecular complexity index is 1030. The molecule has 1 aromatic rings. The fourth-order valence-corrected chi connectivity index (χ4v) is 3.79. The van der Waals surface area contributed by atoms with Gasteiger partial charge in [-0.1, -0.05) is 56.3 Å². The van der Waals surface area contributed by atoms with E-state index in [4.69, 9.17) is 0 Å². The maximum Gasteiger partial charge on any atom is 0.256 e. The fourth-order valence-electron chi connectivity index (χ4n) is 3.79. The van der Waals surface area contributed by atoms with Gasteiger partial charge in [0.15, 0.2) is 0 Å². The van der Waals surface area contributed by atoms with E-state index in [9.17, 15) is 4.79 Å². The predicted molar refractivity (Wildman–Crippen MR) is 110 cm³/mol. The molecule has 4 rings (SSSR count). The summed E-state index contributed by atoms with van der Waals surface area (Å²) in [6.07, 6.45) is 2.04. The number of aryl methyl sites for hydroxylation is 2. The van der Waals surface area contributed by atoms with Gasteiger partial charge in [0.05, 0.1) is 0 Å². The van der Waals surface area contributed by atoms with E-state index in [-0.39, 0.29) is 5.91 Å². The van der Waals surface area contributed by atoms with Gasteiger partial charge in [-0.15, -0.1) is 0 Å². The molecule has 2 heteroatoms. The monoisotopic (exact) mass is 341 g/mol. The van der Waals surface area contributed by atoms with Crippen molar-refractivity contribution in [2.24, 2.45) is 0 Å². The minimum Gasteiger partial charge on any atom is -0.321 e. The van der Waals surface area contributed by atoms with E-state index >= 15 is 0 Å². The first-order valence-electron chi connectivity index (χ1n) is 9.12. The highest BCUT2D eigenvalue weighted by atomic mass is 16.2. The van der Waals surface area contributed by atoms with Crippen LogP contribution in [-0.4, -0.2) is 5.91 Å². The molecule has 2 aliphatic carbocycles. The van der Waals surface area contributed by atoms with Crippen LogP contribution in [0.25, 0.3) is 22.8 Å². The van der Waals surface area contributed by atoms with Crippen molar-refractivity contribution >= 4 is 23.2 Å². The van der Waals surface area contributed by atoms with Crippen molar-refractivity contribution < 1.29 is 4.79 Å². The van der Waals surface area contributed by atoms with E-state index in [1.807, 2.05) is 30.3 Å². The minimum atomic E-state index is -0.0287. The van der Waals surface area contributed by atoms with Crippen LogP contribution in [0.1, 0.15) is 47.6 Å². The van der Waals surface area contributed by atoms with Crippen LogP contribution in [0.4, 0.5) is 5.69 Å². The highest BCUT2D eigenvalue weighted by Crippen LogP contribution is 2.40. The number of fused-ring (bicyclic) bond motifs is 2. The summed E-state index contributed by atoms with van der Waals surface area (Å²) in [6, 6.07) is 16.8. The second kappa shape index (κ2) is 6.14. The third-order valence-electron chi connectivity index (χ3n) is 5.26. The van der Waals surface area contributed by atoms with Gasteiger partial charge in [-0.05, 0) is 65.3 Å². The molecule has 1 N–H and O–H groups in total. The maximum absolute atomic E-state index is 12.5. The van der Waals surface area contributed by atoms with Crippen LogP contribution in [0.3, 0.4) is 0 Å². The lowest BCUT2D eigenvalue weighted by molar-refractivity contribution is -0.110. The topological polar surface area (TPSA) is 29.1 Å². The number of nitrogens with one attached hydrogen (secondary N) is 1. The Morgan fingerprint density at radius 2 is 1.69 bits per heavy atom. The maximum atomic E-state index is 12.5. The van der Waals surface area contributed by atoms with Gasteiger partial charge in [-0.2, -0.15) is 0 Å². The van der Waals surface area contributed by atoms with Crippen molar-refractivity contribution in [2.75, 3.05) is 5.32 Å². The van der Waals surface area contributed by atoms with Gasteiger partial charge in [-0.3, -0.25) is 4.79 Å². The van der Waals surface area contributed by atoms with Crippen molar-refractivity contribution in [2.45, 2.75) is 33.6 Å². The number of carbonyl (C=O) groups is 1. The molecule has 0 bridgehead atoms. The summed E-state index contributed by atoms with van der Waals surface area (Å²) in [5.74, 6) is 0.452. The molecule has 1 amide bonds. The van der Waals surface area contributed by atoms with Crippen LogP contribution < -0.4 is 5.32 Å². The van der Waals surface area contributed by atoms with Crippen LogP contribution in [0.15, 0.2) is 48.5 Å². The molecule has 26 heavy (non-hydrogen) atoms. The highest BCUT2D eigenvalue weighted by Gasteiger charge is 2.24. The van der Waals surface area contributed by atoms with Gasteiger partial charge in [-0.25, -0.2) is 0 Å². The molecule has 0 saturated carbocycles. The molecule has 1 aromatic carbocycles. The number of benzene rings is 1. The zero-order valence-corrected chi connectivity index (χ0v) is 15.7. The summed E-state index contributed by atoms with van der Waals surface area (Å²) in [5, 5.41) is 2.96. The molecule has 130 valence electrons. The van der Waals surface area contributed by atoms with Crippen LogP contribution in [0.2, 0.25) is 0 Å². The average Bonchev–Trinajstić information content (AvgIpc) is 3.00. The smallest absolute Gasteiger partial charge is 0.256 e. The Morgan fingerprint density at radius 1 is 0.923 bits per heavy atom. The van der Waals surface area contributed by atoms with Crippen molar-refractivity contribution in [1.82, 2.24) is 0 Å². The summed E-state index contributed by atoms with van der Waals surface area (Å²) in [7, 11) is 0. The first-order valence-corrected chi connectivity index (χ1v) is 9.12. The van der Waals surface area contributed by atoms with Gasteiger partial charge < -0.3 is 5.32 Å². The molecular weight excluding hydrogens is 318 g/mol. The van der Waals surface area contributed by atoms with E-state index in [0.717, 1.165) is 22.4 Å². The van der Waals surface area contributed by atoms with E-state index in [1.165, 1.54) is 27.8 Å². The Hall–Kier alpha value is -2.87. The highest BCUT2D eigenvalue weighted by molar-refractivity contribution is 6.35. The Balaban J connectivity index is 1.91. The normalized spacial score (nSPS) is 15.0. The van der Waals surface area contributed by atoms with E-state index < -0.39 is 0 Å². The lowest BCUT2D eigenvalue weighted by Crippen LogP contribution is -2.03. The summed E-state index contributed by atoms with van der Waals surface area (Å²) < 4.78 is 0. The lowest BCUT2D eigenvalue weighted by atomic mass is 9.99. The molecule has 0 atom stereocenters. The molecule has 0 spiro atoms. The van der Waals surface area contributed by atoms with Crippen LogP contribution in [0.5, 0.6) is 0 Å². The standard InChI is InChI=1S/C24H23NO/c1-14(2)17-10-9-15(3)23-18(11-16(4)20(23)12-17)13-21-19-7-5-6-8-22(19)25-24(21)26/h5-14H,1-4H3,(H,25,26)/b21-13-. The van der Waals surface area contributed by atoms with E-state index in [1.54, 1.807) is 0 Å². The quantitative estimate of drug-likeness (QED) is 0.567. The van der Waals surface area contributed by atoms with Crippen LogP contribution in [0, 0.1) is 13.8 Å². The van der Waals surface area contributed by atoms with Gasteiger partial charge in [0.1, 0.15) is 0 Å². The first-order chi connectivity index (χ1) is 12.5. The molecule has 0 fully saturated rings. The van der Waals surface area contributed by atoms with E-state index in [0.29, 0.717) is 5.92 Å². The zero-order chi connectivity index (χ0) is 18.4. The zero-order valence-electron chi connectivity index (χ0n) is 15.7. The molecule has 0 radical (unpaired) electrons. The van der Waals surface area contributed by atoms with Gasteiger partial charge >= 0.3 is 0 Å². The molecular formula is C24H23NO. The largest absolute Gasteiger partial charge is 0.321 e. The molecule has 0 saturated heterocycles. The Morgan fingerprint density at radius 3 is 2.46 bits per heavy atom. The first kappa shape index (κ1) is 16.6. The Kier molecular flexibility index (Phi) is 3.91. The third kappa shape index (κ3) is 2.62. The fraction of sp³-hybridized carbons (Fsp3) is 0.208. The van der Waals surface area contributed by atoms with Crippen molar-refractivity contribution in [3.63, 3.8) is 0 Å². The van der Waals surface area contributed by atoms with Crippen molar-refractivity contribution in [3.05, 3.63) is 76.3 Å². The molecule has 2 nitrogen and oxygen atoms in total. The minimum absolute atomic E-state index is 0.0287. The molecule has 0 unspecified atom stereocenters. The number of anilines is 1. The van der Waals surface area contributed by atoms with Crippen LogP contribution >= 0.6 is 0 Å². The lowest BCUT2D eigenvalue weighted by Gasteiger charge is -2.05. The van der Waals surface area contributed by atoms with Gasteiger partial charge in [0, 0.05) is 16.8 Å². The number of hydrogen-bond donors (Lipinski definition) is 1. The van der Waals surface area contributed by atoms with Gasteiger partial charge in [0.2, 0.25) is 0 Å². The Labute approximate surface area is 154 Å². The summed E-state index contributed by atoms with van der Waals surface area (Å²) in [5.41, 5.74) is 10.0. The average molecular weight is 341 g/mol.